The molecule has 0 radical (unpaired) electrons. The van der Waals surface area contributed by atoms with Gasteiger partial charge >= 0.3 is 0 Å². The van der Waals surface area contributed by atoms with Crippen molar-refractivity contribution in [3.8, 4) is 22.8 Å². The van der Waals surface area contributed by atoms with Crippen LogP contribution in [0.4, 0.5) is 5.69 Å². The van der Waals surface area contributed by atoms with Gasteiger partial charge in [-0.3, -0.25) is 0 Å². The minimum absolute atomic E-state index is 0.178. The molecule has 2 aromatic carbocycles. The van der Waals surface area contributed by atoms with E-state index in [2.05, 4.69) is 9.97 Å². The van der Waals surface area contributed by atoms with E-state index in [1.807, 2.05) is 54.6 Å². The molecule has 0 aliphatic heterocycles. The van der Waals surface area contributed by atoms with Gasteiger partial charge in [0.2, 0.25) is 5.88 Å². The fourth-order valence-corrected chi connectivity index (χ4v) is 2.08. The molecule has 21 heavy (non-hydrogen) atoms. The van der Waals surface area contributed by atoms with E-state index < -0.39 is 0 Å². The van der Waals surface area contributed by atoms with Crippen LogP contribution in [0.1, 0.15) is 0 Å². The second-order valence-corrected chi connectivity index (χ2v) is 4.71. The minimum atomic E-state index is 0.178. The SMILES string of the molecule is Nc1c(Cl)ncnc1Oc1ccccc1-c1ccccc1. The molecule has 1 aromatic heterocycles. The number of nitrogens with two attached hydrogens (primary N) is 1. The van der Waals surface area contributed by atoms with Gasteiger partial charge in [-0.25, -0.2) is 4.98 Å². The highest BCUT2D eigenvalue weighted by Gasteiger charge is 2.11. The Hall–Kier alpha value is -2.59. The number of aromatic nitrogens is 2. The van der Waals surface area contributed by atoms with Crippen molar-refractivity contribution in [2.75, 3.05) is 5.73 Å². The summed E-state index contributed by atoms with van der Waals surface area (Å²) in [5.41, 5.74) is 8.06. The molecule has 0 bridgehead atoms. The maximum absolute atomic E-state index is 5.88. The summed E-state index contributed by atoms with van der Waals surface area (Å²) in [5, 5.41) is 0.178. The van der Waals surface area contributed by atoms with Crippen molar-refractivity contribution in [3.05, 3.63) is 66.1 Å². The van der Waals surface area contributed by atoms with E-state index in [9.17, 15) is 0 Å². The topological polar surface area (TPSA) is 61.0 Å². The smallest absolute Gasteiger partial charge is 0.247 e. The van der Waals surface area contributed by atoms with E-state index in [0.29, 0.717) is 5.75 Å². The first kappa shape index (κ1) is 13.4. The van der Waals surface area contributed by atoms with Gasteiger partial charge in [0.15, 0.2) is 5.15 Å². The van der Waals surface area contributed by atoms with Crippen molar-refractivity contribution in [1.29, 1.82) is 0 Å². The predicted octanol–water partition coefficient (Wildman–Crippen LogP) is 4.17. The third kappa shape index (κ3) is 2.80. The summed E-state index contributed by atoms with van der Waals surface area (Å²) in [7, 11) is 0. The number of nitrogen functional groups attached to an aromatic ring is 1. The third-order valence-electron chi connectivity index (χ3n) is 2.98. The lowest BCUT2D eigenvalue weighted by Gasteiger charge is -2.12. The van der Waals surface area contributed by atoms with Crippen LogP contribution in [0.2, 0.25) is 5.15 Å². The number of hydrogen-bond donors (Lipinski definition) is 1. The Kier molecular flexibility index (Phi) is 3.71. The molecule has 0 aliphatic rings. The Bertz CT molecular complexity index is 762. The average molecular weight is 298 g/mol. The van der Waals surface area contributed by atoms with Gasteiger partial charge in [0.25, 0.3) is 0 Å². The zero-order valence-corrected chi connectivity index (χ0v) is 11.8. The van der Waals surface area contributed by atoms with Gasteiger partial charge in [-0.2, -0.15) is 4.98 Å². The summed E-state index contributed by atoms with van der Waals surface area (Å²) < 4.78 is 5.81. The average Bonchev–Trinajstić information content (AvgIpc) is 2.53. The number of para-hydroxylation sites is 1. The second kappa shape index (κ2) is 5.81. The first-order valence-corrected chi connectivity index (χ1v) is 6.72. The summed E-state index contributed by atoms with van der Waals surface area (Å²) >= 11 is 5.88. The summed E-state index contributed by atoms with van der Waals surface area (Å²) in [6.45, 7) is 0. The third-order valence-corrected chi connectivity index (χ3v) is 3.28. The molecule has 0 spiro atoms. The highest BCUT2D eigenvalue weighted by atomic mass is 35.5. The van der Waals surface area contributed by atoms with Gasteiger partial charge in [0, 0.05) is 5.56 Å². The van der Waals surface area contributed by atoms with Gasteiger partial charge in [0.1, 0.15) is 17.8 Å². The first-order valence-electron chi connectivity index (χ1n) is 6.34. The Morgan fingerprint density at radius 1 is 0.905 bits per heavy atom. The molecule has 0 fully saturated rings. The van der Waals surface area contributed by atoms with Crippen molar-refractivity contribution in [2.24, 2.45) is 0 Å². The van der Waals surface area contributed by atoms with Crippen LogP contribution < -0.4 is 10.5 Å². The molecule has 2 N–H and O–H groups in total. The Labute approximate surface area is 127 Å². The molecule has 3 aromatic rings. The van der Waals surface area contributed by atoms with Crippen molar-refractivity contribution < 1.29 is 4.74 Å². The lowest BCUT2D eigenvalue weighted by molar-refractivity contribution is 0.466. The minimum Gasteiger partial charge on any atom is -0.436 e. The van der Waals surface area contributed by atoms with Crippen LogP contribution in [-0.2, 0) is 0 Å². The quantitative estimate of drug-likeness (QED) is 0.737. The van der Waals surface area contributed by atoms with E-state index in [0.717, 1.165) is 11.1 Å². The van der Waals surface area contributed by atoms with Gasteiger partial charge in [0.05, 0.1) is 0 Å². The number of ether oxygens (including phenoxy) is 1. The monoisotopic (exact) mass is 297 g/mol. The van der Waals surface area contributed by atoms with Crippen molar-refractivity contribution in [1.82, 2.24) is 9.97 Å². The Balaban J connectivity index is 2.02. The zero-order valence-electron chi connectivity index (χ0n) is 11.0. The molecule has 0 saturated heterocycles. The van der Waals surface area contributed by atoms with Crippen LogP contribution in [0.5, 0.6) is 11.6 Å². The number of rotatable bonds is 3. The molecular formula is C16H12ClN3O. The van der Waals surface area contributed by atoms with Crippen LogP contribution in [0.3, 0.4) is 0 Å². The van der Waals surface area contributed by atoms with Crippen LogP contribution in [0.25, 0.3) is 11.1 Å². The number of nitrogens with zero attached hydrogens (tertiary/aromatic N) is 2. The number of hydrogen-bond acceptors (Lipinski definition) is 4. The molecule has 0 amide bonds. The number of anilines is 1. The maximum atomic E-state index is 5.88. The number of benzene rings is 2. The molecule has 3 rings (SSSR count). The summed E-state index contributed by atoms with van der Waals surface area (Å²) in [6.07, 6.45) is 1.32. The molecule has 0 saturated carbocycles. The van der Waals surface area contributed by atoms with Crippen molar-refractivity contribution >= 4 is 17.3 Å². The zero-order chi connectivity index (χ0) is 14.7. The normalized spacial score (nSPS) is 10.3. The van der Waals surface area contributed by atoms with Crippen molar-refractivity contribution in [2.45, 2.75) is 0 Å². The number of halogens is 1. The largest absolute Gasteiger partial charge is 0.436 e. The van der Waals surface area contributed by atoms with E-state index >= 15 is 0 Å². The van der Waals surface area contributed by atoms with Crippen LogP contribution >= 0.6 is 11.6 Å². The van der Waals surface area contributed by atoms with Crippen LogP contribution in [0.15, 0.2) is 60.9 Å². The lowest BCUT2D eigenvalue weighted by atomic mass is 10.1. The fourth-order valence-electron chi connectivity index (χ4n) is 1.96. The molecule has 4 nitrogen and oxygen atoms in total. The molecular weight excluding hydrogens is 286 g/mol. The maximum Gasteiger partial charge on any atom is 0.247 e. The summed E-state index contributed by atoms with van der Waals surface area (Å²) in [6, 6.07) is 17.6. The van der Waals surface area contributed by atoms with Gasteiger partial charge in [-0.1, -0.05) is 60.1 Å². The molecule has 0 atom stereocenters. The van der Waals surface area contributed by atoms with E-state index in [-0.39, 0.29) is 16.7 Å². The molecule has 1 heterocycles. The summed E-state index contributed by atoms with van der Waals surface area (Å²) in [4.78, 5) is 7.84. The molecule has 0 unspecified atom stereocenters. The van der Waals surface area contributed by atoms with Gasteiger partial charge < -0.3 is 10.5 Å². The van der Waals surface area contributed by atoms with Gasteiger partial charge in [-0.15, -0.1) is 0 Å². The highest BCUT2D eigenvalue weighted by Crippen LogP contribution is 2.35. The van der Waals surface area contributed by atoms with Gasteiger partial charge in [-0.05, 0) is 11.6 Å². The van der Waals surface area contributed by atoms with E-state index in [1.165, 1.54) is 6.33 Å². The molecule has 0 aliphatic carbocycles. The molecule has 5 heteroatoms. The van der Waals surface area contributed by atoms with Crippen molar-refractivity contribution in [3.63, 3.8) is 0 Å². The molecule has 104 valence electrons. The van der Waals surface area contributed by atoms with E-state index in [1.54, 1.807) is 0 Å². The highest BCUT2D eigenvalue weighted by molar-refractivity contribution is 6.32. The Morgan fingerprint density at radius 3 is 2.43 bits per heavy atom. The predicted molar refractivity (Wildman–Crippen MR) is 83.4 cm³/mol. The first-order chi connectivity index (χ1) is 10.3. The summed E-state index contributed by atoms with van der Waals surface area (Å²) in [5.74, 6) is 0.906. The lowest BCUT2D eigenvalue weighted by Crippen LogP contribution is -1.98. The van der Waals surface area contributed by atoms with Crippen LogP contribution in [-0.4, -0.2) is 9.97 Å². The fraction of sp³-hybridized carbons (Fsp3) is 0. The Morgan fingerprint density at radius 2 is 1.62 bits per heavy atom. The second-order valence-electron chi connectivity index (χ2n) is 4.35. The van der Waals surface area contributed by atoms with Crippen LogP contribution in [0, 0.1) is 0 Å². The van der Waals surface area contributed by atoms with E-state index in [4.69, 9.17) is 22.1 Å². The standard InChI is InChI=1S/C16H12ClN3O/c17-15-14(18)16(20-10-19-15)21-13-9-5-4-8-12(13)11-6-2-1-3-7-11/h1-10H,18H2.